The van der Waals surface area contributed by atoms with Gasteiger partial charge >= 0.3 is 6.09 Å². The van der Waals surface area contributed by atoms with Gasteiger partial charge in [-0.1, -0.05) is 30.3 Å². The lowest BCUT2D eigenvalue weighted by Crippen LogP contribution is -2.56. The highest BCUT2D eigenvalue weighted by Crippen LogP contribution is 2.45. The first-order valence-corrected chi connectivity index (χ1v) is 6.63. The standard InChI is InChI=1S/C15H16N2O2/c16-7-14-12-6-13(14)9-17(8-12)15(18)19-10-11-4-2-1-3-5-11/h1-5,12-14H,6,8-10H2. The Bertz CT molecular complexity index is 497. The Labute approximate surface area is 112 Å². The van der Waals surface area contributed by atoms with Crippen molar-refractivity contribution in [3.05, 3.63) is 35.9 Å². The van der Waals surface area contributed by atoms with Crippen molar-refractivity contribution in [2.75, 3.05) is 13.1 Å². The molecular weight excluding hydrogens is 240 g/mol. The van der Waals surface area contributed by atoms with Crippen LogP contribution in [0.2, 0.25) is 0 Å². The number of hydrogen-bond donors (Lipinski definition) is 0. The molecule has 3 fully saturated rings. The zero-order valence-corrected chi connectivity index (χ0v) is 10.7. The van der Waals surface area contributed by atoms with Gasteiger partial charge < -0.3 is 9.64 Å². The van der Waals surface area contributed by atoms with Gasteiger partial charge in [-0.05, 0) is 23.8 Å². The van der Waals surface area contributed by atoms with E-state index in [1.165, 1.54) is 0 Å². The van der Waals surface area contributed by atoms with Crippen LogP contribution in [0.25, 0.3) is 0 Å². The maximum atomic E-state index is 12.0. The molecule has 1 aliphatic carbocycles. The zero-order valence-electron chi connectivity index (χ0n) is 10.7. The summed E-state index contributed by atoms with van der Waals surface area (Å²) in [4.78, 5) is 13.7. The summed E-state index contributed by atoms with van der Waals surface area (Å²) in [6.45, 7) is 1.65. The van der Waals surface area contributed by atoms with Crippen molar-refractivity contribution in [2.45, 2.75) is 13.0 Å². The van der Waals surface area contributed by atoms with Crippen molar-refractivity contribution in [2.24, 2.45) is 17.8 Å². The van der Waals surface area contributed by atoms with Crippen LogP contribution >= 0.6 is 0 Å². The van der Waals surface area contributed by atoms with Crippen molar-refractivity contribution in [3.8, 4) is 6.07 Å². The third-order valence-corrected chi connectivity index (χ3v) is 4.14. The highest BCUT2D eigenvalue weighted by Gasteiger charge is 2.48. The summed E-state index contributed by atoms with van der Waals surface area (Å²) in [5.74, 6) is 0.860. The van der Waals surface area contributed by atoms with Crippen molar-refractivity contribution < 1.29 is 9.53 Å². The van der Waals surface area contributed by atoms with Crippen molar-refractivity contribution >= 4 is 6.09 Å². The van der Waals surface area contributed by atoms with Crippen molar-refractivity contribution in [1.82, 2.24) is 4.90 Å². The van der Waals surface area contributed by atoms with E-state index in [2.05, 4.69) is 6.07 Å². The average Bonchev–Trinajstić information content (AvgIpc) is 2.46. The molecule has 2 aliphatic heterocycles. The Balaban J connectivity index is 1.51. The van der Waals surface area contributed by atoms with Gasteiger partial charge in [0.1, 0.15) is 6.61 Å². The summed E-state index contributed by atoms with van der Waals surface area (Å²) in [5, 5.41) is 8.98. The van der Waals surface area contributed by atoms with Crippen molar-refractivity contribution in [3.63, 3.8) is 0 Å². The minimum atomic E-state index is -0.255. The molecule has 0 N–H and O–H groups in total. The number of carbonyl (C=O) groups excluding carboxylic acids is 1. The largest absolute Gasteiger partial charge is 0.445 e. The van der Waals surface area contributed by atoms with Gasteiger partial charge in [0.25, 0.3) is 0 Å². The minimum absolute atomic E-state index is 0.151. The molecule has 0 aromatic heterocycles. The summed E-state index contributed by atoms with van der Waals surface area (Å²) in [5.41, 5.74) is 0.993. The molecule has 1 aromatic carbocycles. The van der Waals surface area contributed by atoms with Crippen LogP contribution in [0.5, 0.6) is 0 Å². The Hall–Kier alpha value is -2.02. The number of rotatable bonds is 2. The van der Waals surface area contributed by atoms with Crippen LogP contribution in [0.1, 0.15) is 12.0 Å². The molecule has 0 spiro atoms. The first kappa shape index (κ1) is 12.0. The third-order valence-electron chi connectivity index (χ3n) is 4.14. The third kappa shape index (κ3) is 2.28. The Morgan fingerprint density at radius 3 is 2.63 bits per heavy atom. The molecule has 1 aromatic rings. The summed E-state index contributed by atoms with van der Waals surface area (Å²) in [6, 6.07) is 12.0. The van der Waals surface area contributed by atoms with Crippen LogP contribution in [-0.4, -0.2) is 24.1 Å². The smallest absolute Gasteiger partial charge is 0.410 e. The molecule has 2 saturated heterocycles. The van der Waals surface area contributed by atoms with Crippen LogP contribution in [0.4, 0.5) is 4.79 Å². The van der Waals surface area contributed by atoms with Crippen LogP contribution < -0.4 is 0 Å². The number of fused-ring (bicyclic) bond motifs is 2. The van der Waals surface area contributed by atoms with Gasteiger partial charge in [0.2, 0.25) is 0 Å². The van der Waals surface area contributed by atoms with Gasteiger partial charge in [-0.25, -0.2) is 4.79 Å². The normalized spacial score (nSPS) is 28.2. The number of nitrogens with zero attached hydrogens (tertiary/aromatic N) is 2. The van der Waals surface area contributed by atoms with E-state index in [0.717, 1.165) is 12.0 Å². The number of carbonyl (C=O) groups is 1. The monoisotopic (exact) mass is 256 g/mol. The second-order valence-corrected chi connectivity index (χ2v) is 5.36. The highest BCUT2D eigenvalue weighted by atomic mass is 16.6. The number of benzene rings is 1. The summed E-state index contributed by atoms with van der Waals surface area (Å²) >= 11 is 0. The molecule has 0 radical (unpaired) electrons. The molecule has 4 rings (SSSR count). The number of nitriles is 1. The maximum absolute atomic E-state index is 12.0. The lowest BCUT2D eigenvalue weighted by Gasteiger charge is -2.50. The van der Waals surface area contributed by atoms with Gasteiger partial charge in [0.15, 0.2) is 0 Å². The number of hydrogen-bond acceptors (Lipinski definition) is 3. The van der Waals surface area contributed by atoms with Gasteiger partial charge in [-0.15, -0.1) is 0 Å². The second-order valence-electron chi connectivity index (χ2n) is 5.36. The second kappa shape index (κ2) is 4.93. The van der Waals surface area contributed by atoms with E-state index in [1.807, 2.05) is 30.3 Å². The van der Waals surface area contributed by atoms with E-state index in [-0.39, 0.29) is 12.0 Å². The molecule has 19 heavy (non-hydrogen) atoms. The highest BCUT2D eigenvalue weighted by molar-refractivity contribution is 5.68. The maximum Gasteiger partial charge on any atom is 0.410 e. The molecule has 98 valence electrons. The van der Waals surface area contributed by atoms with Crippen LogP contribution in [-0.2, 0) is 11.3 Å². The van der Waals surface area contributed by atoms with Gasteiger partial charge in [-0.2, -0.15) is 5.26 Å². The fraction of sp³-hybridized carbons (Fsp3) is 0.467. The lowest BCUT2D eigenvalue weighted by atomic mass is 9.62. The summed E-state index contributed by atoms with van der Waals surface area (Å²) in [6.07, 6.45) is 0.829. The van der Waals surface area contributed by atoms with E-state index in [9.17, 15) is 4.79 Å². The van der Waals surface area contributed by atoms with E-state index >= 15 is 0 Å². The first-order valence-electron chi connectivity index (χ1n) is 6.63. The number of ether oxygens (including phenoxy) is 1. The van der Waals surface area contributed by atoms with Gasteiger partial charge in [-0.3, -0.25) is 0 Å². The molecule has 2 heterocycles. The van der Waals surface area contributed by atoms with Gasteiger partial charge in [0.05, 0.1) is 12.0 Å². The Morgan fingerprint density at radius 2 is 2.00 bits per heavy atom. The molecule has 4 nitrogen and oxygen atoms in total. The zero-order chi connectivity index (χ0) is 13.2. The van der Waals surface area contributed by atoms with E-state index in [1.54, 1.807) is 4.90 Å². The SMILES string of the molecule is N#CC1C2CC1CN(C(=O)OCc1ccccc1)C2. The molecular formula is C15H16N2O2. The Morgan fingerprint density at radius 1 is 1.32 bits per heavy atom. The molecule has 2 bridgehead atoms. The minimum Gasteiger partial charge on any atom is -0.445 e. The number of piperidine rings is 2. The van der Waals surface area contributed by atoms with Crippen LogP contribution in [0.3, 0.4) is 0 Å². The van der Waals surface area contributed by atoms with E-state index < -0.39 is 0 Å². The summed E-state index contributed by atoms with van der Waals surface area (Å²) in [7, 11) is 0. The van der Waals surface area contributed by atoms with Crippen LogP contribution in [0, 0.1) is 29.1 Å². The molecule has 1 amide bonds. The molecule has 2 unspecified atom stereocenters. The van der Waals surface area contributed by atoms with Crippen LogP contribution in [0.15, 0.2) is 30.3 Å². The molecule has 4 heteroatoms. The fourth-order valence-corrected chi connectivity index (χ4v) is 3.06. The topological polar surface area (TPSA) is 53.3 Å². The first-order chi connectivity index (χ1) is 9.28. The van der Waals surface area contributed by atoms with Gasteiger partial charge in [0, 0.05) is 13.1 Å². The average molecular weight is 256 g/mol. The predicted octanol–water partition coefficient (Wildman–Crippen LogP) is 2.41. The van der Waals surface area contributed by atoms with Crippen molar-refractivity contribution in [1.29, 1.82) is 5.26 Å². The Kier molecular flexibility index (Phi) is 3.12. The molecule has 2 atom stereocenters. The molecule has 3 aliphatic rings. The number of amides is 1. The summed E-state index contributed by atoms with van der Waals surface area (Å²) < 4.78 is 5.31. The quantitative estimate of drug-likeness (QED) is 0.816. The molecule has 1 saturated carbocycles. The predicted molar refractivity (Wildman–Crippen MR) is 68.9 cm³/mol. The van der Waals surface area contributed by atoms with E-state index in [0.29, 0.717) is 31.5 Å². The lowest BCUT2D eigenvalue weighted by molar-refractivity contribution is -0.0159. The van der Waals surface area contributed by atoms with E-state index in [4.69, 9.17) is 10.00 Å². The fourth-order valence-electron chi connectivity index (χ4n) is 3.06.